The summed E-state index contributed by atoms with van der Waals surface area (Å²) in [7, 11) is 0. The smallest absolute Gasteiger partial charge is 0.412 e. The molecule has 2 atom stereocenters. The normalized spacial score (nSPS) is 16.9. The van der Waals surface area contributed by atoms with Gasteiger partial charge < -0.3 is 19.7 Å². The van der Waals surface area contributed by atoms with E-state index in [-0.39, 0.29) is 18.4 Å². The molecule has 11 heteroatoms. The molecule has 1 aliphatic carbocycles. The third-order valence-electron chi connectivity index (χ3n) is 12.3. The van der Waals surface area contributed by atoms with Crippen molar-refractivity contribution in [3.05, 3.63) is 155 Å². The number of likely N-dealkylation sites (tertiary alicyclic amines) is 1. The molecule has 6 aromatic rings. The number of ether oxygens (including phenoxy) is 2. The van der Waals surface area contributed by atoms with E-state index in [0.717, 1.165) is 59.9 Å². The number of nitrogens with one attached hydrogen (secondary N) is 1. The van der Waals surface area contributed by atoms with E-state index in [4.69, 9.17) is 26.2 Å². The van der Waals surface area contributed by atoms with Crippen molar-refractivity contribution in [1.29, 1.82) is 5.26 Å². The van der Waals surface area contributed by atoms with Gasteiger partial charge in [-0.15, -0.1) is 0 Å². The lowest BCUT2D eigenvalue weighted by molar-refractivity contribution is -0.179. The van der Waals surface area contributed by atoms with E-state index < -0.39 is 29.3 Å². The average Bonchev–Trinajstić information content (AvgIpc) is 3.65. The Bertz CT molecular complexity index is 2490. The van der Waals surface area contributed by atoms with Gasteiger partial charge >= 0.3 is 12.1 Å². The van der Waals surface area contributed by atoms with Crippen LogP contribution in [-0.2, 0) is 24.6 Å². The van der Waals surface area contributed by atoms with Crippen molar-refractivity contribution in [2.45, 2.75) is 70.6 Å². The summed E-state index contributed by atoms with van der Waals surface area (Å²) in [6.07, 6.45) is 3.93. The maximum atomic E-state index is 14.5. The molecule has 2 amide bonds. The fourth-order valence-corrected chi connectivity index (χ4v) is 9.23. The predicted molar refractivity (Wildman–Crippen MR) is 236 cm³/mol. The lowest BCUT2D eigenvalue weighted by atomic mass is 9.76. The van der Waals surface area contributed by atoms with Crippen molar-refractivity contribution in [2.24, 2.45) is 11.3 Å². The van der Waals surface area contributed by atoms with Gasteiger partial charge in [0.05, 0.1) is 28.5 Å². The van der Waals surface area contributed by atoms with E-state index in [0.29, 0.717) is 46.7 Å². The Balaban J connectivity index is 1.16. The first kappa shape index (κ1) is 41.3. The highest BCUT2D eigenvalue weighted by atomic mass is 35.5. The molecule has 8 rings (SSSR count). The number of carbonyl (C=O) groups is 3. The molecule has 310 valence electrons. The van der Waals surface area contributed by atoms with Gasteiger partial charge in [0.1, 0.15) is 5.54 Å². The minimum Gasteiger partial charge on any atom is -0.425 e. The quantitative estimate of drug-likeness (QED) is 0.0827. The van der Waals surface area contributed by atoms with E-state index >= 15 is 0 Å². The molecule has 0 bridgehead atoms. The molecule has 1 N–H and O–H groups in total. The van der Waals surface area contributed by atoms with Crippen LogP contribution in [0.25, 0.3) is 22.0 Å². The van der Waals surface area contributed by atoms with E-state index in [2.05, 4.69) is 47.8 Å². The highest BCUT2D eigenvalue weighted by molar-refractivity contribution is 6.33. The number of aromatic nitrogens is 2. The third kappa shape index (κ3) is 8.23. The molecule has 2 aliphatic rings. The fourth-order valence-electron chi connectivity index (χ4n) is 9.00. The van der Waals surface area contributed by atoms with Crippen LogP contribution in [0, 0.1) is 22.7 Å². The van der Waals surface area contributed by atoms with Crippen molar-refractivity contribution in [2.75, 3.05) is 18.4 Å². The molecule has 1 unspecified atom stereocenters. The second kappa shape index (κ2) is 17.6. The van der Waals surface area contributed by atoms with Crippen LogP contribution in [0.1, 0.15) is 81.0 Å². The molecule has 0 spiro atoms. The number of esters is 1. The lowest BCUT2D eigenvalue weighted by Crippen LogP contribution is -2.45. The summed E-state index contributed by atoms with van der Waals surface area (Å²) in [6.45, 7) is 3.98. The second-order valence-electron chi connectivity index (χ2n) is 16.4. The number of rotatable bonds is 10. The summed E-state index contributed by atoms with van der Waals surface area (Å²) in [5.41, 5.74) is 3.91. The molecule has 2 heterocycles. The first-order chi connectivity index (χ1) is 29.6. The van der Waals surface area contributed by atoms with Crippen molar-refractivity contribution in [3.8, 4) is 17.2 Å². The third-order valence-corrected chi connectivity index (χ3v) is 12.6. The van der Waals surface area contributed by atoms with Gasteiger partial charge in [0.15, 0.2) is 5.82 Å². The average molecular weight is 834 g/mol. The van der Waals surface area contributed by atoms with Crippen LogP contribution < -0.4 is 5.32 Å². The standard InChI is InChI=1S/C50H48ClN5O5/c1-34(60-47(58)49(2)27-13-6-14-28-49)61-48(59)55-29-15-16-37(33-55)46(57)53-45-42-31-36(41-30-35(32-52)23-25-43(41)51)24-26-44(42)56(54-45)50(38-17-7-3-8-18-38,39-19-9-4-10-20-39)40-21-11-5-12-22-40/h3-5,7-12,17-26,30-31,34,37H,6,13-16,27-29,33H2,1-2H3,(H,53,54,57)/t34?,37-/m1/s1. The molecule has 0 radical (unpaired) electrons. The number of anilines is 1. The van der Waals surface area contributed by atoms with Crippen LogP contribution in [0.2, 0.25) is 5.02 Å². The van der Waals surface area contributed by atoms with E-state index in [1.807, 2.05) is 84.4 Å². The molecule has 2 fully saturated rings. The van der Waals surface area contributed by atoms with Crippen LogP contribution in [0.4, 0.5) is 10.6 Å². The molecular formula is C50H48ClN5O5. The second-order valence-corrected chi connectivity index (χ2v) is 16.8. The number of nitriles is 1. The van der Waals surface area contributed by atoms with Gasteiger partial charge in [-0.1, -0.05) is 128 Å². The maximum Gasteiger partial charge on any atom is 0.412 e. The number of benzene rings is 5. The van der Waals surface area contributed by atoms with Crippen molar-refractivity contribution in [1.82, 2.24) is 14.7 Å². The van der Waals surface area contributed by atoms with Gasteiger partial charge in [0, 0.05) is 36.0 Å². The Morgan fingerprint density at radius 2 is 1.46 bits per heavy atom. The summed E-state index contributed by atoms with van der Waals surface area (Å²) in [6, 6.07) is 43.7. The molecule has 5 aromatic carbocycles. The Kier molecular flexibility index (Phi) is 12.0. The molecule has 61 heavy (non-hydrogen) atoms. The first-order valence-corrected chi connectivity index (χ1v) is 21.4. The van der Waals surface area contributed by atoms with E-state index in [9.17, 15) is 19.6 Å². The van der Waals surface area contributed by atoms with Crippen LogP contribution in [0.5, 0.6) is 0 Å². The van der Waals surface area contributed by atoms with Crippen molar-refractivity contribution < 1.29 is 23.9 Å². The van der Waals surface area contributed by atoms with Gasteiger partial charge in [-0.05, 0) is 85.2 Å². The van der Waals surface area contributed by atoms with E-state index in [1.54, 1.807) is 25.1 Å². The van der Waals surface area contributed by atoms with Crippen LogP contribution in [0.3, 0.4) is 0 Å². The predicted octanol–water partition coefficient (Wildman–Crippen LogP) is 10.7. The number of hydrogen-bond donors (Lipinski definition) is 1. The number of halogens is 1. The summed E-state index contributed by atoms with van der Waals surface area (Å²) < 4.78 is 13.2. The lowest BCUT2D eigenvalue weighted by Gasteiger charge is -2.37. The van der Waals surface area contributed by atoms with E-state index in [1.165, 1.54) is 4.90 Å². The summed E-state index contributed by atoms with van der Waals surface area (Å²) in [5, 5.41) is 19.4. The Morgan fingerprint density at radius 1 is 0.836 bits per heavy atom. The SMILES string of the molecule is CC(OC(=O)N1CCC[C@@H](C(=O)Nc2nn(C(c3ccccc3)(c3ccccc3)c3ccccc3)c3ccc(-c4cc(C#N)ccc4Cl)cc23)C1)OC(=O)C1(C)CCCCC1. The van der Waals surface area contributed by atoms with Gasteiger partial charge in [-0.2, -0.15) is 10.4 Å². The Morgan fingerprint density at radius 3 is 2.07 bits per heavy atom. The number of nitrogens with zero attached hydrogens (tertiary/aromatic N) is 4. The molecule has 1 saturated carbocycles. The van der Waals surface area contributed by atoms with Gasteiger partial charge in [-0.3, -0.25) is 9.59 Å². The highest BCUT2D eigenvalue weighted by Gasteiger charge is 2.42. The molecule has 1 saturated heterocycles. The Labute approximate surface area is 361 Å². The first-order valence-electron chi connectivity index (χ1n) is 21.0. The highest BCUT2D eigenvalue weighted by Crippen LogP contribution is 2.45. The van der Waals surface area contributed by atoms with Crippen molar-refractivity contribution in [3.63, 3.8) is 0 Å². The zero-order valence-electron chi connectivity index (χ0n) is 34.4. The Hall–Kier alpha value is -6.44. The largest absolute Gasteiger partial charge is 0.425 e. The molecule has 1 aliphatic heterocycles. The van der Waals surface area contributed by atoms with Crippen LogP contribution in [0.15, 0.2) is 127 Å². The van der Waals surface area contributed by atoms with Crippen LogP contribution in [-0.4, -0.2) is 52.0 Å². The number of carbonyl (C=O) groups excluding carboxylic acids is 3. The fraction of sp³-hybridized carbons (Fsp3) is 0.300. The number of hydrogen-bond acceptors (Lipinski definition) is 7. The van der Waals surface area contributed by atoms with Crippen molar-refractivity contribution >= 4 is 46.3 Å². The number of amides is 2. The minimum atomic E-state index is -1.07. The zero-order valence-corrected chi connectivity index (χ0v) is 35.1. The topological polar surface area (TPSA) is 127 Å². The minimum absolute atomic E-state index is 0.117. The molecule has 10 nitrogen and oxygen atoms in total. The summed E-state index contributed by atoms with van der Waals surface area (Å²) in [5.74, 6) is -0.895. The van der Waals surface area contributed by atoms with Gasteiger partial charge in [0.25, 0.3) is 0 Å². The monoisotopic (exact) mass is 833 g/mol. The van der Waals surface area contributed by atoms with Crippen LogP contribution >= 0.6 is 11.6 Å². The van der Waals surface area contributed by atoms with Gasteiger partial charge in [-0.25, -0.2) is 9.48 Å². The maximum absolute atomic E-state index is 14.5. The number of piperidine rings is 1. The van der Waals surface area contributed by atoms with Gasteiger partial charge in [0.2, 0.25) is 12.2 Å². The summed E-state index contributed by atoms with van der Waals surface area (Å²) >= 11 is 6.75. The summed E-state index contributed by atoms with van der Waals surface area (Å²) in [4.78, 5) is 42.4. The zero-order chi connectivity index (χ0) is 42.6. The molecular weight excluding hydrogens is 786 g/mol. The molecule has 1 aromatic heterocycles. The number of fused-ring (bicyclic) bond motifs is 1.